The zero-order chi connectivity index (χ0) is 9.84. The van der Waals surface area contributed by atoms with Crippen LogP contribution in [0.15, 0.2) is 24.8 Å². The Balaban J connectivity index is 2.98. The number of carbonyl (C=O) groups excluding carboxylic acids is 1. The van der Waals surface area contributed by atoms with E-state index >= 15 is 0 Å². The van der Waals surface area contributed by atoms with Crippen LogP contribution < -0.4 is 5.32 Å². The summed E-state index contributed by atoms with van der Waals surface area (Å²) in [4.78, 5) is 10.6. The third-order valence-electron chi connectivity index (χ3n) is 1.54. The second-order valence-corrected chi connectivity index (χ2v) is 2.62. The predicted octanol–water partition coefficient (Wildman–Crippen LogP) is 2.43. The number of halogens is 1. The fourth-order valence-corrected chi connectivity index (χ4v) is 0.949. The summed E-state index contributed by atoms with van der Waals surface area (Å²) in [7, 11) is 0. The van der Waals surface area contributed by atoms with E-state index in [-0.39, 0.29) is 11.6 Å². The maximum Gasteiger partial charge on any atom is 0.221 e. The van der Waals surface area contributed by atoms with Crippen molar-refractivity contribution in [3.05, 3.63) is 36.2 Å². The highest BCUT2D eigenvalue weighted by molar-refractivity contribution is 5.88. The second-order valence-electron chi connectivity index (χ2n) is 2.62. The Labute approximate surface area is 76.1 Å². The van der Waals surface area contributed by atoms with Crippen molar-refractivity contribution >= 4 is 17.7 Å². The van der Waals surface area contributed by atoms with Gasteiger partial charge in [0.05, 0.1) is 5.69 Å². The monoisotopic (exact) mass is 179 g/mol. The molecule has 0 heterocycles. The van der Waals surface area contributed by atoms with Gasteiger partial charge in [0.15, 0.2) is 0 Å². The number of carbonyl (C=O) groups is 1. The zero-order valence-electron chi connectivity index (χ0n) is 7.30. The first kappa shape index (κ1) is 9.45. The molecule has 1 rings (SSSR count). The summed E-state index contributed by atoms with van der Waals surface area (Å²) in [5.74, 6) is -0.738. The van der Waals surface area contributed by atoms with Crippen molar-refractivity contribution in [2.45, 2.75) is 6.92 Å². The highest BCUT2D eigenvalue weighted by atomic mass is 19.1. The maximum atomic E-state index is 13.1. The molecule has 0 spiro atoms. The largest absolute Gasteiger partial charge is 0.324 e. The molecule has 1 aromatic carbocycles. The lowest BCUT2D eigenvalue weighted by atomic mass is 10.2. The Morgan fingerprint density at radius 1 is 1.62 bits per heavy atom. The van der Waals surface area contributed by atoms with E-state index in [1.54, 1.807) is 12.1 Å². The van der Waals surface area contributed by atoms with Gasteiger partial charge in [-0.1, -0.05) is 18.7 Å². The van der Waals surface area contributed by atoms with Crippen LogP contribution in [0, 0.1) is 5.82 Å². The quantitative estimate of drug-likeness (QED) is 0.742. The highest BCUT2D eigenvalue weighted by Crippen LogP contribution is 2.15. The van der Waals surface area contributed by atoms with Gasteiger partial charge >= 0.3 is 0 Å². The number of anilines is 1. The van der Waals surface area contributed by atoms with E-state index in [4.69, 9.17) is 0 Å². The van der Waals surface area contributed by atoms with E-state index in [9.17, 15) is 9.18 Å². The fourth-order valence-electron chi connectivity index (χ4n) is 0.949. The van der Waals surface area contributed by atoms with Gasteiger partial charge in [0.1, 0.15) is 5.82 Å². The van der Waals surface area contributed by atoms with Crippen LogP contribution in [0.25, 0.3) is 6.08 Å². The molecule has 0 saturated heterocycles. The van der Waals surface area contributed by atoms with Crippen molar-refractivity contribution in [2.75, 3.05) is 5.32 Å². The molecule has 0 aliphatic heterocycles. The molecule has 0 unspecified atom stereocenters. The first-order valence-electron chi connectivity index (χ1n) is 3.83. The van der Waals surface area contributed by atoms with Gasteiger partial charge in [0.25, 0.3) is 0 Å². The number of amides is 1. The first-order valence-corrected chi connectivity index (χ1v) is 3.83. The molecule has 0 radical (unpaired) electrons. The summed E-state index contributed by atoms with van der Waals surface area (Å²) in [6.45, 7) is 4.84. The number of nitrogens with one attached hydrogen (secondary N) is 1. The second kappa shape index (κ2) is 3.85. The average molecular weight is 179 g/mol. The van der Waals surface area contributed by atoms with Gasteiger partial charge in [-0.15, -0.1) is 0 Å². The van der Waals surface area contributed by atoms with Crippen molar-refractivity contribution in [3.63, 3.8) is 0 Å². The van der Waals surface area contributed by atoms with Crippen LogP contribution in [0.5, 0.6) is 0 Å². The van der Waals surface area contributed by atoms with Crippen molar-refractivity contribution in [3.8, 4) is 0 Å². The van der Waals surface area contributed by atoms with Crippen LogP contribution >= 0.6 is 0 Å². The minimum Gasteiger partial charge on any atom is -0.324 e. The van der Waals surface area contributed by atoms with Gasteiger partial charge in [-0.2, -0.15) is 0 Å². The van der Waals surface area contributed by atoms with E-state index < -0.39 is 5.82 Å². The molecule has 0 fully saturated rings. The van der Waals surface area contributed by atoms with Crippen LogP contribution in [0.2, 0.25) is 0 Å². The van der Waals surface area contributed by atoms with E-state index in [2.05, 4.69) is 11.9 Å². The molecule has 1 aromatic rings. The van der Waals surface area contributed by atoms with Crippen LogP contribution in [-0.2, 0) is 4.79 Å². The van der Waals surface area contributed by atoms with E-state index in [0.717, 1.165) is 0 Å². The topological polar surface area (TPSA) is 29.1 Å². The molecule has 1 N–H and O–H groups in total. The summed E-state index contributed by atoms with van der Waals surface area (Å²) in [5, 5.41) is 2.38. The van der Waals surface area contributed by atoms with Crippen molar-refractivity contribution in [1.82, 2.24) is 0 Å². The molecule has 0 atom stereocenters. The summed E-state index contributed by atoms with van der Waals surface area (Å²) in [6.07, 6.45) is 1.54. The Bertz CT molecular complexity index is 347. The Morgan fingerprint density at radius 2 is 2.31 bits per heavy atom. The molecule has 1 amide bonds. The smallest absolute Gasteiger partial charge is 0.221 e. The summed E-state index contributed by atoms with van der Waals surface area (Å²) >= 11 is 0. The normalized spacial score (nSPS) is 9.38. The Morgan fingerprint density at radius 3 is 2.77 bits per heavy atom. The number of benzene rings is 1. The van der Waals surface area contributed by atoms with Gasteiger partial charge in [0.2, 0.25) is 5.91 Å². The lowest BCUT2D eigenvalue weighted by molar-refractivity contribution is -0.114. The number of rotatable bonds is 2. The molecule has 0 aliphatic rings. The Kier molecular flexibility index (Phi) is 2.80. The van der Waals surface area contributed by atoms with Crippen LogP contribution in [-0.4, -0.2) is 5.91 Å². The van der Waals surface area contributed by atoms with Gasteiger partial charge in [-0.3, -0.25) is 4.79 Å². The first-order chi connectivity index (χ1) is 6.13. The summed E-state index contributed by atoms with van der Waals surface area (Å²) in [5.41, 5.74) is 0.879. The summed E-state index contributed by atoms with van der Waals surface area (Å²) < 4.78 is 13.1. The molecule has 2 nitrogen and oxygen atoms in total. The summed E-state index contributed by atoms with van der Waals surface area (Å²) in [6, 6.07) is 4.51. The molecule has 13 heavy (non-hydrogen) atoms. The lowest BCUT2D eigenvalue weighted by Gasteiger charge is -2.03. The van der Waals surface area contributed by atoms with Crippen molar-refractivity contribution in [1.29, 1.82) is 0 Å². The molecular weight excluding hydrogens is 169 g/mol. The van der Waals surface area contributed by atoms with Crippen LogP contribution in [0.1, 0.15) is 12.5 Å². The van der Waals surface area contributed by atoms with Crippen LogP contribution in [0.3, 0.4) is 0 Å². The fraction of sp³-hybridized carbons (Fsp3) is 0.100. The van der Waals surface area contributed by atoms with E-state index in [1.165, 1.54) is 19.1 Å². The van der Waals surface area contributed by atoms with Crippen molar-refractivity contribution in [2.24, 2.45) is 0 Å². The third kappa shape index (κ3) is 2.40. The molecule has 3 heteroatoms. The zero-order valence-corrected chi connectivity index (χ0v) is 7.30. The number of hydrogen-bond donors (Lipinski definition) is 1. The third-order valence-corrected chi connectivity index (χ3v) is 1.54. The molecule has 0 saturated carbocycles. The van der Waals surface area contributed by atoms with Crippen molar-refractivity contribution < 1.29 is 9.18 Å². The molecule has 0 aliphatic carbocycles. The lowest BCUT2D eigenvalue weighted by Crippen LogP contribution is -2.07. The van der Waals surface area contributed by atoms with Crippen LogP contribution in [0.4, 0.5) is 10.1 Å². The molecule has 0 bridgehead atoms. The van der Waals surface area contributed by atoms with E-state index in [1.807, 2.05) is 0 Å². The SMILES string of the molecule is C=Cc1ccc(NC(C)=O)c(F)c1. The van der Waals surface area contributed by atoms with Gasteiger partial charge in [-0.25, -0.2) is 4.39 Å². The minimum atomic E-state index is -0.451. The molecular formula is C10H10FNO. The minimum absolute atomic E-state index is 0.193. The standard InChI is InChI=1S/C10H10FNO/c1-3-8-4-5-10(9(11)6-8)12-7(2)13/h3-6H,1H2,2H3,(H,12,13). The van der Waals surface area contributed by atoms with Gasteiger partial charge in [0, 0.05) is 6.92 Å². The van der Waals surface area contributed by atoms with Gasteiger partial charge < -0.3 is 5.32 Å². The highest BCUT2D eigenvalue weighted by Gasteiger charge is 2.02. The number of hydrogen-bond acceptors (Lipinski definition) is 1. The maximum absolute atomic E-state index is 13.1. The molecule has 0 aromatic heterocycles. The Hall–Kier alpha value is -1.64. The average Bonchev–Trinajstić information content (AvgIpc) is 2.08. The van der Waals surface area contributed by atoms with E-state index in [0.29, 0.717) is 5.56 Å². The van der Waals surface area contributed by atoms with Gasteiger partial charge in [-0.05, 0) is 17.7 Å². The predicted molar refractivity (Wildman–Crippen MR) is 50.8 cm³/mol. The molecule has 68 valence electrons.